The molecule has 0 radical (unpaired) electrons. The Morgan fingerprint density at radius 2 is 2.00 bits per heavy atom. The fraction of sp³-hybridized carbons (Fsp3) is 0.692. The van der Waals surface area contributed by atoms with E-state index in [4.69, 9.17) is 0 Å². The van der Waals surface area contributed by atoms with Gasteiger partial charge in [0.25, 0.3) is 5.56 Å². The second kappa shape index (κ2) is 7.33. The van der Waals surface area contributed by atoms with Crippen molar-refractivity contribution in [1.29, 1.82) is 0 Å². The molecule has 0 spiro atoms. The lowest BCUT2D eigenvalue weighted by Crippen LogP contribution is -2.44. The summed E-state index contributed by atoms with van der Waals surface area (Å²) >= 11 is 1.64. The monoisotopic (exact) mass is 319 g/mol. The van der Waals surface area contributed by atoms with Gasteiger partial charge in [-0.15, -0.1) is 24.2 Å². The summed E-state index contributed by atoms with van der Waals surface area (Å²) in [4.78, 5) is 26.8. The molecular formula is C13H22ClN3O2S. The zero-order valence-electron chi connectivity index (χ0n) is 12.2. The quantitative estimate of drug-likeness (QED) is 0.787. The van der Waals surface area contributed by atoms with Gasteiger partial charge in [0.1, 0.15) is 0 Å². The van der Waals surface area contributed by atoms with E-state index in [0.717, 1.165) is 35.7 Å². The average Bonchev–Trinajstić information content (AvgIpc) is 2.39. The number of fused-ring (bicyclic) bond motifs is 1. The molecule has 1 aliphatic heterocycles. The Bertz CT molecular complexity index is 580. The van der Waals surface area contributed by atoms with Crippen molar-refractivity contribution in [3.05, 3.63) is 26.4 Å². The zero-order chi connectivity index (χ0) is 14.0. The highest BCUT2D eigenvalue weighted by molar-refractivity contribution is 7.99. The summed E-state index contributed by atoms with van der Waals surface area (Å²) in [7, 11) is 3.89. The highest BCUT2D eigenvalue weighted by atomic mass is 35.5. The lowest BCUT2D eigenvalue weighted by atomic mass is 10.3. The number of halogens is 1. The summed E-state index contributed by atoms with van der Waals surface area (Å²) in [5.41, 5.74) is 0.514. The maximum Gasteiger partial charge on any atom is 0.331 e. The van der Waals surface area contributed by atoms with Gasteiger partial charge in [-0.1, -0.05) is 6.92 Å². The first-order valence-electron chi connectivity index (χ1n) is 6.70. The van der Waals surface area contributed by atoms with E-state index < -0.39 is 0 Å². The van der Waals surface area contributed by atoms with Crippen LogP contribution < -0.4 is 11.2 Å². The maximum atomic E-state index is 12.5. The standard InChI is InChI=1S/C13H21N3O2S.ClH/c1-4-6-15-11(17)10(9-14(2)3)12-16(13(15)18)7-5-8-19-12;/h4-9H2,1-3H3;1H. The van der Waals surface area contributed by atoms with Gasteiger partial charge < -0.3 is 4.90 Å². The predicted octanol–water partition coefficient (Wildman–Crippen LogP) is 1.40. The van der Waals surface area contributed by atoms with Crippen molar-refractivity contribution in [2.45, 2.75) is 44.4 Å². The first-order chi connectivity index (χ1) is 9.06. The van der Waals surface area contributed by atoms with Crippen LogP contribution in [0.2, 0.25) is 0 Å². The van der Waals surface area contributed by atoms with Gasteiger partial charge >= 0.3 is 5.69 Å². The molecule has 5 nitrogen and oxygen atoms in total. The van der Waals surface area contributed by atoms with Crippen LogP contribution in [0.15, 0.2) is 14.6 Å². The van der Waals surface area contributed by atoms with E-state index >= 15 is 0 Å². The highest BCUT2D eigenvalue weighted by Crippen LogP contribution is 2.25. The van der Waals surface area contributed by atoms with Gasteiger partial charge in [-0.3, -0.25) is 13.9 Å². The summed E-state index contributed by atoms with van der Waals surface area (Å²) in [6.07, 6.45) is 1.78. The van der Waals surface area contributed by atoms with Crippen molar-refractivity contribution in [2.75, 3.05) is 19.8 Å². The molecule has 0 atom stereocenters. The van der Waals surface area contributed by atoms with Crippen molar-refractivity contribution >= 4 is 24.2 Å². The Balaban J connectivity index is 0.00000200. The van der Waals surface area contributed by atoms with Gasteiger partial charge in [-0.2, -0.15) is 0 Å². The van der Waals surface area contributed by atoms with Crippen LogP contribution in [0.1, 0.15) is 25.3 Å². The van der Waals surface area contributed by atoms with E-state index in [0.29, 0.717) is 13.1 Å². The minimum atomic E-state index is -0.142. The summed E-state index contributed by atoms with van der Waals surface area (Å²) in [6, 6.07) is 0. The molecule has 1 aromatic heterocycles. The minimum absolute atomic E-state index is 0. The largest absolute Gasteiger partial charge is 0.331 e. The van der Waals surface area contributed by atoms with Crippen molar-refractivity contribution in [1.82, 2.24) is 14.0 Å². The van der Waals surface area contributed by atoms with Crippen LogP contribution in [-0.4, -0.2) is 33.9 Å². The van der Waals surface area contributed by atoms with Gasteiger partial charge in [0.05, 0.1) is 10.6 Å². The van der Waals surface area contributed by atoms with E-state index in [-0.39, 0.29) is 23.7 Å². The molecule has 1 aliphatic rings. The molecule has 0 saturated carbocycles. The fourth-order valence-corrected chi connectivity index (χ4v) is 3.48. The van der Waals surface area contributed by atoms with E-state index in [9.17, 15) is 9.59 Å². The molecule has 0 fully saturated rings. The molecule has 2 heterocycles. The minimum Gasteiger partial charge on any atom is -0.305 e. The van der Waals surface area contributed by atoms with Crippen LogP contribution in [0, 0.1) is 0 Å². The van der Waals surface area contributed by atoms with E-state index in [1.807, 2.05) is 25.9 Å². The van der Waals surface area contributed by atoms with Gasteiger partial charge in [0.15, 0.2) is 0 Å². The molecule has 7 heteroatoms. The Labute approximate surface area is 129 Å². The van der Waals surface area contributed by atoms with Crippen LogP contribution in [-0.2, 0) is 19.6 Å². The molecule has 0 amide bonds. The number of nitrogens with zero attached hydrogens (tertiary/aromatic N) is 3. The summed E-state index contributed by atoms with van der Waals surface area (Å²) < 4.78 is 3.18. The smallest absolute Gasteiger partial charge is 0.305 e. The van der Waals surface area contributed by atoms with Gasteiger partial charge in [-0.05, 0) is 26.9 Å². The lowest BCUT2D eigenvalue weighted by Gasteiger charge is -2.23. The summed E-state index contributed by atoms with van der Waals surface area (Å²) in [5, 5.41) is 0.877. The molecule has 1 aromatic rings. The predicted molar refractivity (Wildman–Crippen MR) is 85.2 cm³/mol. The first kappa shape index (κ1) is 17.3. The van der Waals surface area contributed by atoms with Crippen molar-refractivity contribution in [3.63, 3.8) is 0 Å². The Hall–Kier alpha value is -0.720. The number of hydrogen-bond acceptors (Lipinski definition) is 4. The topological polar surface area (TPSA) is 47.2 Å². The van der Waals surface area contributed by atoms with Gasteiger partial charge in [0, 0.05) is 25.4 Å². The molecule has 20 heavy (non-hydrogen) atoms. The van der Waals surface area contributed by atoms with Crippen LogP contribution in [0.5, 0.6) is 0 Å². The lowest BCUT2D eigenvalue weighted by molar-refractivity contribution is 0.381. The molecule has 0 saturated heterocycles. The van der Waals surface area contributed by atoms with E-state index in [1.165, 1.54) is 4.57 Å². The summed E-state index contributed by atoms with van der Waals surface area (Å²) in [5.74, 6) is 0.983. The fourth-order valence-electron chi connectivity index (χ4n) is 2.36. The number of rotatable bonds is 4. The molecule has 0 N–H and O–H groups in total. The van der Waals surface area contributed by atoms with Crippen molar-refractivity contribution in [2.24, 2.45) is 0 Å². The number of aromatic nitrogens is 2. The molecule has 114 valence electrons. The molecular weight excluding hydrogens is 298 g/mol. The zero-order valence-corrected chi connectivity index (χ0v) is 13.9. The Kier molecular flexibility index (Phi) is 6.36. The van der Waals surface area contributed by atoms with Crippen LogP contribution in [0.3, 0.4) is 0 Å². The highest BCUT2D eigenvalue weighted by Gasteiger charge is 2.21. The Morgan fingerprint density at radius 1 is 1.30 bits per heavy atom. The van der Waals surface area contributed by atoms with E-state index in [1.54, 1.807) is 16.3 Å². The maximum absolute atomic E-state index is 12.5. The summed E-state index contributed by atoms with van der Waals surface area (Å²) in [6.45, 7) is 3.80. The SMILES string of the molecule is CCCn1c(=O)c(CN(C)C)c2n(c1=O)CCCS2.Cl. The molecule has 2 rings (SSSR count). The molecule has 0 unspecified atom stereocenters. The second-order valence-electron chi connectivity index (χ2n) is 5.11. The van der Waals surface area contributed by atoms with E-state index in [2.05, 4.69) is 0 Å². The second-order valence-corrected chi connectivity index (χ2v) is 6.20. The third kappa shape index (κ3) is 3.30. The van der Waals surface area contributed by atoms with Gasteiger partial charge in [-0.25, -0.2) is 4.79 Å². The first-order valence-corrected chi connectivity index (χ1v) is 7.68. The van der Waals surface area contributed by atoms with Crippen LogP contribution >= 0.6 is 24.2 Å². The number of thioether (sulfide) groups is 1. The van der Waals surface area contributed by atoms with Gasteiger partial charge in [0.2, 0.25) is 0 Å². The third-order valence-electron chi connectivity index (χ3n) is 3.15. The van der Waals surface area contributed by atoms with Crippen LogP contribution in [0.25, 0.3) is 0 Å². The number of hydrogen-bond donors (Lipinski definition) is 0. The molecule has 0 aromatic carbocycles. The van der Waals surface area contributed by atoms with Crippen LogP contribution in [0.4, 0.5) is 0 Å². The average molecular weight is 320 g/mol. The molecule has 0 bridgehead atoms. The van der Waals surface area contributed by atoms with Crippen molar-refractivity contribution in [3.8, 4) is 0 Å². The van der Waals surface area contributed by atoms with Crippen molar-refractivity contribution < 1.29 is 0 Å². The third-order valence-corrected chi connectivity index (χ3v) is 4.39. The molecule has 0 aliphatic carbocycles. The normalized spacial score (nSPS) is 14.0. The Morgan fingerprint density at radius 3 is 2.60 bits per heavy atom.